The van der Waals surface area contributed by atoms with Crippen LogP contribution >= 0.6 is 0 Å². The maximum absolute atomic E-state index is 13.8. The van der Waals surface area contributed by atoms with Gasteiger partial charge in [-0.3, -0.25) is 9.59 Å². The highest BCUT2D eigenvalue weighted by Crippen LogP contribution is 2.28. The molecule has 0 aliphatic heterocycles. The van der Waals surface area contributed by atoms with Gasteiger partial charge >= 0.3 is 6.09 Å². The number of alkyl carbamates (subject to hydrolysis) is 1. The van der Waals surface area contributed by atoms with Gasteiger partial charge in [-0.2, -0.15) is 0 Å². The quantitative estimate of drug-likeness (QED) is 0.382. The van der Waals surface area contributed by atoms with E-state index in [1.807, 2.05) is 52.8 Å². The van der Waals surface area contributed by atoms with Crippen LogP contribution in [0, 0.1) is 13.8 Å². The summed E-state index contributed by atoms with van der Waals surface area (Å²) in [6, 6.07) is 3.60. The van der Waals surface area contributed by atoms with Crippen molar-refractivity contribution >= 4 is 17.9 Å². The Labute approximate surface area is 217 Å². The van der Waals surface area contributed by atoms with Gasteiger partial charge in [0.1, 0.15) is 17.7 Å². The number of ether oxygens (including phenoxy) is 1. The first-order valence-electron chi connectivity index (χ1n) is 12.9. The fraction of sp³-hybridized carbons (Fsp3) is 0.679. The summed E-state index contributed by atoms with van der Waals surface area (Å²) < 4.78 is 5.29. The molecular weight excluding hydrogens is 458 g/mol. The number of aliphatic hydroxyl groups excluding tert-OH is 1. The average molecular weight is 506 g/mol. The molecule has 0 aliphatic rings. The molecule has 8 nitrogen and oxygen atoms in total. The minimum absolute atomic E-state index is 0.306. The van der Waals surface area contributed by atoms with Crippen LogP contribution in [0.5, 0.6) is 0 Å². The Hall–Kier alpha value is -2.61. The Morgan fingerprint density at radius 3 is 2.17 bits per heavy atom. The zero-order valence-electron chi connectivity index (χ0n) is 23.7. The van der Waals surface area contributed by atoms with E-state index in [0.29, 0.717) is 18.5 Å². The number of aryl methyl sites for hydroxylation is 2. The van der Waals surface area contributed by atoms with Gasteiger partial charge in [0.05, 0.1) is 6.61 Å². The molecule has 3 amide bonds. The van der Waals surface area contributed by atoms with Crippen molar-refractivity contribution in [2.45, 2.75) is 111 Å². The maximum Gasteiger partial charge on any atom is 0.408 e. The molecule has 2 unspecified atom stereocenters. The Morgan fingerprint density at radius 2 is 1.67 bits per heavy atom. The van der Waals surface area contributed by atoms with Gasteiger partial charge in [-0.15, -0.1) is 0 Å². The van der Waals surface area contributed by atoms with Gasteiger partial charge in [0, 0.05) is 12.1 Å². The summed E-state index contributed by atoms with van der Waals surface area (Å²) >= 11 is 0. The van der Waals surface area contributed by atoms with Crippen LogP contribution in [0.2, 0.25) is 0 Å². The van der Waals surface area contributed by atoms with Crippen molar-refractivity contribution in [1.29, 1.82) is 0 Å². The third-order valence-corrected chi connectivity index (χ3v) is 5.49. The number of rotatable bonds is 11. The second kappa shape index (κ2) is 13.6. The van der Waals surface area contributed by atoms with Crippen LogP contribution in [0.3, 0.4) is 0 Å². The highest BCUT2D eigenvalue weighted by Gasteiger charge is 2.37. The van der Waals surface area contributed by atoms with Crippen LogP contribution in [-0.4, -0.2) is 58.2 Å². The summed E-state index contributed by atoms with van der Waals surface area (Å²) in [6.07, 6.45) is 2.81. The molecule has 0 radical (unpaired) electrons. The molecule has 0 aliphatic carbocycles. The molecule has 204 valence electrons. The summed E-state index contributed by atoms with van der Waals surface area (Å²) in [6.45, 7) is 16.5. The molecule has 3 N–H and O–H groups in total. The first-order chi connectivity index (χ1) is 16.6. The van der Waals surface area contributed by atoms with Crippen LogP contribution in [0.25, 0.3) is 0 Å². The third-order valence-electron chi connectivity index (χ3n) is 5.49. The van der Waals surface area contributed by atoms with E-state index in [2.05, 4.69) is 17.6 Å². The van der Waals surface area contributed by atoms with Gasteiger partial charge in [-0.1, -0.05) is 49.9 Å². The van der Waals surface area contributed by atoms with Crippen molar-refractivity contribution in [3.8, 4) is 0 Å². The van der Waals surface area contributed by atoms with Crippen molar-refractivity contribution in [2.24, 2.45) is 0 Å². The number of unbranched alkanes of at least 4 members (excludes halogenated alkanes) is 3. The molecule has 1 rings (SSSR count). The highest BCUT2D eigenvalue weighted by atomic mass is 16.6. The molecule has 2 atom stereocenters. The van der Waals surface area contributed by atoms with Crippen molar-refractivity contribution in [2.75, 3.05) is 13.2 Å². The molecule has 36 heavy (non-hydrogen) atoms. The van der Waals surface area contributed by atoms with Gasteiger partial charge in [0.25, 0.3) is 0 Å². The predicted molar refractivity (Wildman–Crippen MR) is 143 cm³/mol. The molecule has 0 fully saturated rings. The highest BCUT2D eigenvalue weighted by molar-refractivity contribution is 5.92. The topological polar surface area (TPSA) is 108 Å². The number of carbonyl (C=O) groups excluding carboxylic acids is 3. The van der Waals surface area contributed by atoms with Crippen LogP contribution in [0.15, 0.2) is 18.2 Å². The largest absolute Gasteiger partial charge is 0.444 e. The number of amides is 3. The number of benzene rings is 1. The standard InChI is InChI=1S/C28H47N3O5/c1-10-11-12-13-16-31(25(34)22(18-32)29-26(35)36-28(7,8)9)23(24(33)30-27(4,5)6)21-15-14-19(2)17-20(21)3/h14-15,17,22-23,32H,10-13,16,18H2,1-9H3,(H,29,35)(H,30,33). The number of carbonyl (C=O) groups is 3. The fourth-order valence-electron chi connectivity index (χ4n) is 3.93. The Bertz CT molecular complexity index is 886. The molecule has 1 aromatic rings. The second-order valence-corrected chi connectivity index (χ2v) is 11.5. The van der Waals surface area contributed by atoms with Gasteiger partial charge in [-0.25, -0.2) is 4.79 Å². The average Bonchev–Trinajstić information content (AvgIpc) is 2.72. The lowest BCUT2D eigenvalue weighted by molar-refractivity contribution is -0.144. The van der Waals surface area contributed by atoms with Crippen molar-refractivity contribution in [1.82, 2.24) is 15.5 Å². The Balaban J connectivity index is 3.48. The second-order valence-electron chi connectivity index (χ2n) is 11.5. The molecule has 0 saturated carbocycles. The summed E-state index contributed by atoms with van der Waals surface area (Å²) in [5.74, 6) is -0.846. The number of nitrogens with one attached hydrogen (secondary N) is 2. The lowest BCUT2D eigenvalue weighted by atomic mass is 9.95. The normalized spacial score (nSPS) is 13.5. The predicted octanol–water partition coefficient (Wildman–Crippen LogP) is 4.55. The van der Waals surface area contributed by atoms with Crippen molar-refractivity contribution in [3.63, 3.8) is 0 Å². The molecule has 0 bridgehead atoms. The SMILES string of the molecule is CCCCCCN(C(=O)C(CO)NC(=O)OC(C)(C)C)C(C(=O)NC(C)(C)C)c1ccc(C)cc1C. The van der Waals surface area contributed by atoms with Crippen LogP contribution < -0.4 is 10.6 Å². The van der Waals surface area contributed by atoms with Gasteiger partial charge in [0.15, 0.2) is 0 Å². The molecular formula is C28H47N3O5. The number of nitrogens with zero attached hydrogens (tertiary/aromatic N) is 1. The zero-order valence-corrected chi connectivity index (χ0v) is 23.7. The Kier molecular flexibility index (Phi) is 11.9. The summed E-state index contributed by atoms with van der Waals surface area (Å²) in [7, 11) is 0. The van der Waals surface area contributed by atoms with Gasteiger partial charge in [0.2, 0.25) is 11.8 Å². The first kappa shape index (κ1) is 31.4. The van der Waals surface area contributed by atoms with E-state index in [0.717, 1.165) is 30.4 Å². The van der Waals surface area contributed by atoms with Crippen LogP contribution in [0.4, 0.5) is 4.79 Å². The third kappa shape index (κ3) is 10.6. The lowest BCUT2D eigenvalue weighted by Crippen LogP contribution is -2.56. The summed E-state index contributed by atoms with van der Waals surface area (Å²) in [5, 5.41) is 15.6. The van der Waals surface area contributed by atoms with E-state index < -0.39 is 41.8 Å². The molecule has 0 aromatic heterocycles. The van der Waals surface area contributed by atoms with E-state index in [1.54, 1.807) is 20.8 Å². The fourth-order valence-corrected chi connectivity index (χ4v) is 3.93. The smallest absolute Gasteiger partial charge is 0.408 e. The zero-order chi connectivity index (χ0) is 27.7. The first-order valence-corrected chi connectivity index (χ1v) is 12.9. The monoisotopic (exact) mass is 505 g/mol. The van der Waals surface area contributed by atoms with E-state index in [1.165, 1.54) is 4.90 Å². The summed E-state index contributed by atoms with van der Waals surface area (Å²) in [5.41, 5.74) is 1.36. The maximum atomic E-state index is 13.8. The molecule has 8 heteroatoms. The van der Waals surface area contributed by atoms with E-state index in [4.69, 9.17) is 4.74 Å². The van der Waals surface area contributed by atoms with E-state index in [9.17, 15) is 19.5 Å². The summed E-state index contributed by atoms with van der Waals surface area (Å²) in [4.78, 5) is 41.4. The molecule has 0 spiro atoms. The number of hydrogen-bond donors (Lipinski definition) is 3. The minimum Gasteiger partial charge on any atom is -0.444 e. The van der Waals surface area contributed by atoms with Crippen molar-refractivity contribution in [3.05, 3.63) is 34.9 Å². The van der Waals surface area contributed by atoms with E-state index in [-0.39, 0.29) is 5.91 Å². The molecule has 0 heterocycles. The number of aliphatic hydroxyl groups is 1. The van der Waals surface area contributed by atoms with Crippen LogP contribution in [-0.2, 0) is 14.3 Å². The van der Waals surface area contributed by atoms with Gasteiger partial charge in [-0.05, 0) is 72.9 Å². The molecule has 0 saturated heterocycles. The molecule has 1 aromatic carbocycles. The minimum atomic E-state index is -1.25. The lowest BCUT2D eigenvalue weighted by Gasteiger charge is -2.36. The van der Waals surface area contributed by atoms with Crippen LogP contribution in [0.1, 0.15) is 96.9 Å². The van der Waals surface area contributed by atoms with E-state index >= 15 is 0 Å². The van der Waals surface area contributed by atoms with Crippen molar-refractivity contribution < 1.29 is 24.2 Å². The van der Waals surface area contributed by atoms with Gasteiger partial charge < -0.3 is 25.4 Å². The number of hydrogen-bond acceptors (Lipinski definition) is 5. The Morgan fingerprint density at radius 1 is 1.03 bits per heavy atom.